The summed E-state index contributed by atoms with van der Waals surface area (Å²) in [5.74, 6) is 0. The molecule has 1 aromatic carbocycles. The number of aromatic nitrogens is 2. The third kappa shape index (κ3) is 4.95. The van der Waals surface area contributed by atoms with E-state index < -0.39 is 7.25 Å². The lowest BCUT2D eigenvalue weighted by Crippen LogP contribution is -2.02. The minimum atomic E-state index is -6.00. The molecule has 7 heteroatoms. The SMILES string of the molecule is F[B-](F)(F)F.c1ccc2nc[nH+]cc2c1. The molecule has 15 heavy (non-hydrogen) atoms. The molecule has 1 heterocycles. The van der Waals surface area contributed by atoms with Crippen LogP contribution >= 0.6 is 0 Å². The second-order valence-corrected chi connectivity index (χ2v) is 2.62. The summed E-state index contributed by atoms with van der Waals surface area (Å²) in [6, 6.07) is 8.00. The summed E-state index contributed by atoms with van der Waals surface area (Å²) in [6.07, 6.45) is 3.62. The number of nitrogens with zero attached hydrogens (tertiary/aromatic N) is 1. The molecule has 0 unspecified atom stereocenters. The molecule has 0 fully saturated rings. The summed E-state index contributed by atoms with van der Waals surface area (Å²) < 4.78 is 39.0. The average Bonchev–Trinajstić information content (AvgIpc) is 2.16. The minimum Gasteiger partial charge on any atom is -0.418 e. The van der Waals surface area contributed by atoms with Crippen LogP contribution in [0, 0.1) is 0 Å². The Labute approximate surface area is 83.1 Å². The Kier molecular flexibility index (Phi) is 3.59. The van der Waals surface area contributed by atoms with Crippen molar-refractivity contribution in [3.8, 4) is 0 Å². The van der Waals surface area contributed by atoms with Gasteiger partial charge in [-0.05, 0) is 17.1 Å². The molecule has 80 valence electrons. The van der Waals surface area contributed by atoms with Crippen LogP contribution in [0.15, 0.2) is 36.8 Å². The Hall–Kier alpha value is -1.66. The Bertz CT molecular complexity index is 361. The second kappa shape index (κ2) is 4.72. The zero-order valence-electron chi connectivity index (χ0n) is 7.50. The summed E-state index contributed by atoms with van der Waals surface area (Å²) in [7, 11) is -6.00. The van der Waals surface area contributed by atoms with E-state index in [9.17, 15) is 17.3 Å². The Morgan fingerprint density at radius 1 is 1.07 bits per heavy atom. The van der Waals surface area contributed by atoms with E-state index in [0.29, 0.717) is 0 Å². The molecule has 1 N–H and O–H groups in total. The van der Waals surface area contributed by atoms with Gasteiger partial charge in [-0.3, -0.25) is 0 Å². The standard InChI is InChI=1S/C8H6N2.BF4/c1-2-4-8-7(3-1)5-9-6-10-8;2-1(3,4)5/h1-6H;/q;-1/p+1. The van der Waals surface area contributed by atoms with E-state index in [1.54, 1.807) is 6.33 Å². The van der Waals surface area contributed by atoms with Gasteiger partial charge in [0.1, 0.15) is 0 Å². The van der Waals surface area contributed by atoms with Gasteiger partial charge in [-0.1, -0.05) is 12.1 Å². The monoisotopic (exact) mass is 218 g/mol. The number of fused-ring (bicyclic) bond motifs is 1. The number of benzene rings is 1. The Morgan fingerprint density at radius 2 is 1.67 bits per heavy atom. The fourth-order valence-electron chi connectivity index (χ4n) is 0.961. The summed E-state index contributed by atoms with van der Waals surface area (Å²) >= 11 is 0. The van der Waals surface area contributed by atoms with Gasteiger partial charge in [0, 0.05) is 0 Å². The molecular formula is C8H7BF4N2. The van der Waals surface area contributed by atoms with Gasteiger partial charge in [0.15, 0.2) is 5.52 Å². The van der Waals surface area contributed by atoms with Crippen LogP contribution in [0.25, 0.3) is 10.9 Å². The summed E-state index contributed by atoms with van der Waals surface area (Å²) in [5, 5.41) is 1.14. The van der Waals surface area contributed by atoms with E-state index >= 15 is 0 Å². The Morgan fingerprint density at radius 3 is 2.27 bits per heavy atom. The lowest BCUT2D eigenvalue weighted by atomic mass is 10.2. The third-order valence-corrected chi connectivity index (χ3v) is 1.45. The molecule has 0 spiro atoms. The molecule has 0 aliphatic rings. The largest absolute Gasteiger partial charge is 0.673 e. The van der Waals surface area contributed by atoms with Crippen molar-refractivity contribution in [2.75, 3.05) is 0 Å². The van der Waals surface area contributed by atoms with Crippen molar-refractivity contribution in [3.63, 3.8) is 0 Å². The summed E-state index contributed by atoms with van der Waals surface area (Å²) in [6.45, 7) is 0. The number of para-hydroxylation sites is 1. The van der Waals surface area contributed by atoms with Gasteiger partial charge in [0.25, 0.3) is 6.33 Å². The number of H-pyrrole nitrogens is 1. The van der Waals surface area contributed by atoms with E-state index in [0.717, 1.165) is 10.9 Å². The van der Waals surface area contributed by atoms with Crippen molar-refractivity contribution in [2.24, 2.45) is 0 Å². The highest BCUT2D eigenvalue weighted by molar-refractivity contribution is 6.50. The first-order valence-corrected chi connectivity index (χ1v) is 4.05. The minimum absolute atomic E-state index is 1.03. The van der Waals surface area contributed by atoms with Gasteiger partial charge in [-0.15, -0.1) is 0 Å². The highest BCUT2D eigenvalue weighted by Crippen LogP contribution is 2.06. The van der Waals surface area contributed by atoms with E-state index in [1.807, 2.05) is 30.5 Å². The van der Waals surface area contributed by atoms with Crippen molar-refractivity contribution >= 4 is 18.2 Å². The van der Waals surface area contributed by atoms with Crippen LogP contribution < -0.4 is 4.98 Å². The predicted octanol–water partition coefficient (Wildman–Crippen LogP) is 2.35. The normalized spacial score (nSPS) is 10.7. The van der Waals surface area contributed by atoms with Crippen LogP contribution in [-0.4, -0.2) is 12.2 Å². The number of rotatable bonds is 0. The van der Waals surface area contributed by atoms with E-state index in [-0.39, 0.29) is 0 Å². The molecule has 0 saturated heterocycles. The topological polar surface area (TPSA) is 27.0 Å². The molecule has 2 aromatic rings. The van der Waals surface area contributed by atoms with Crippen molar-refractivity contribution in [1.29, 1.82) is 0 Å². The Balaban J connectivity index is 0.000000195. The fraction of sp³-hybridized carbons (Fsp3) is 0. The molecule has 0 bridgehead atoms. The lowest BCUT2D eigenvalue weighted by Gasteiger charge is -1.94. The number of nitrogens with one attached hydrogen (secondary N) is 1. The van der Waals surface area contributed by atoms with Gasteiger partial charge in [0.2, 0.25) is 0 Å². The summed E-state index contributed by atoms with van der Waals surface area (Å²) in [4.78, 5) is 7.05. The van der Waals surface area contributed by atoms with Crippen LogP contribution in [0.5, 0.6) is 0 Å². The van der Waals surface area contributed by atoms with Crippen LogP contribution in [-0.2, 0) is 0 Å². The fourth-order valence-corrected chi connectivity index (χ4v) is 0.961. The van der Waals surface area contributed by atoms with Gasteiger partial charge < -0.3 is 17.3 Å². The lowest BCUT2D eigenvalue weighted by molar-refractivity contribution is -0.380. The van der Waals surface area contributed by atoms with Gasteiger partial charge in [-0.2, -0.15) is 0 Å². The highest BCUT2D eigenvalue weighted by Gasteiger charge is 2.20. The number of hydrogen-bond acceptors (Lipinski definition) is 1. The van der Waals surface area contributed by atoms with Crippen molar-refractivity contribution in [1.82, 2.24) is 4.98 Å². The maximum absolute atomic E-state index is 9.75. The zero-order chi connectivity index (χ0) is 11.3. The molecule has 0 aliphatic heterocycles. The molecule has 0 radical (unpaired) electrons. The summed E-state index contributed by atoms with van der Waals surface area (Å²) in [5.41, 5.74) is 1.03. The number of halogens is 4. The molecule has 0 amide bonds. The van der Waals surface area contributed by atoms with Crippen LogP contribution in [0.1, 0.15) is 0 Å². The predicted molar refractivity (Wildman–Crippen MR) is 48.5 cm³/mol. The van der Waals surface area contributed by atoms with E-state index in [2.05, 4.69) is 9.97 Å². The maximum atomic E-state index is 9.75. The quantitative estimate of drug-likeness (QED) is 0.492. The van der Waals surface area contributed by atoms with Crippen molar-refractivity contribution < 1.29 is 22.2 Å². The van der Waals surface area contributed by atoms with Crippen molar-refractivity contribution in [2.45, 2.75) is 0 Å². The first-order valence-electron chi connectivity index (χ1n) is 4.05. The number of hydrogen-bond donors (Lipinski definition) is 0. The van der Waals surface area contributed by atoms with E-state index in [4.69, 9.17) is 0 Å². The van der Waals surface area contributed by atoms with Gasteiger partial charge in [-0.25, -0.2) is 4.98 Å². The third-order valence-electron chi connectivity index (χ3n) is 1.45. The maximum Gasteiger partial charge on any atom is 0.673 e. The first kappa shape index (κ1) is 11.4. The average molecular weight is 218 g/mol. The molecule has 0 atom stereocenters. The molecule has 2 rings (SSSR count). The smallest absolute Gasteiger partial charge is 0.418 e. The molecule has 2 nitrogen and oxygen atoms in total. The zero-order valence-corrected chi connectivity index (χ0v) is 7.50. The molecule has 1 aromatic heterocycles. The molecule has 0 aliphatic carbocycles. The second-order valence-electron chi connectivity index (χ2n) is 2.62. The highest BCUT2D eigenvalue weighted by atomic mass is 19.5. The molecular weight excluding hydrogens is 211 g/mol. The van der Waals surface area contributed by atoms with E-state index in [1.165, 1.54) is 0 Å². The first-order chi connectivity index (χ1) is 6.97. The van der Waals surface area contributed by atoms with Crippen LogP contribution in [0.3, 0.4) is 0 Å². The number of aromatic amines is 1. The van der Waals surface area contributed by atoms with Crippen LogP contribution in [0.2, 0.25) is 0 Å². The van der Waals surface area contributed by atoms with Crippen LogP contribution in [0.4, 0.5) is 17.3 Å². The molecule has 0 saturated carbocycles. The van der Waals surface area contributed by atoms with Crippen molar-refractivity contribution in [3.05, 3.63) is 36.8 Å². The van der Waals surface area contributed by atoms with Gasteiger partial charge in [0.05, 0.1) is 11.6 Å². The van der Waals surface area contributed by atoms with Gasteiger partial charge >= 0.3 is 7.25 Å².